The van der Waals surface area contributed by atoms with Crippen molar-refractivity contribution in [3.63, 3.8) is 0 Å². The predicted molar refractivity (Wildman–Crippen MR) is 7.81 cm³/mol. The SMILES string of the molecule is [O-2].[O]=[Ge]=[O].[Zn+2]. The van der Waals surface area contributed by atoms with Gasteiger partial charge < -0.3 is 5.48 Å². The molecule has 0 aromatic carbocycles. The van der Waals surface area contributed by atoms with Gasteiger partial charge in [0, 0.05) is 0 Å². The van der Waals surface area contributed by atoms with Crippen LogP contribution in [-0.2, 0) is 32.5 Å². The van der Waals surface area contributed by atoms with Crippen LogP contribution in [0.25, 0.3) is 0 Å². The summed E-state index contributed by atoms with van der Waals surface area (Å²) in [5.74, 6) is 0. The van der Waals surface area contributed by atoms with Gasteiger partial charge in [0.25, 0.3) is 0 Å². The summed E-state index contributed by atoms with van der Waals surface area (Å²) in [7, 11) is 0. The summed E-state index contributed by atoms with van der Waals surface area (Å²) in [6, 6.07) is 0. The quantitative estimate of drug-likeness (QED) is 0.467. The van der Waals surface area contributed by atoms with Gasteiger partial charge in [0.2, 0.25) is 0 Å². The molecule has 0 bridgehead atoms. The minimum atomic E-state index is -2.00. The van der Waals surface area contributed by atoms with Crippen molar-refractivity contribution >= 4 is 15.3 Å². The molecule has 0 rings (SSSR count). The Kier molecular flexibility index (Phi) is 75.8. The summed E-state index contributed by atoms with van der Waals surface area (Å²) in [6.07, 6.45) is 0. The Morgan fingerprint density at radius 2 is 1.20 bits per heavy atom. The molecule has 0 amide bonds. The molecular weight excluding hydrogens is 186 g/mol. The van der Waals surface area contributed by atoms with Crippen LogP contribution in [0.3, 0.4) is 0 Å². The van der Waals surface area contributed by atoms with E-state index in [2.05, 4.69) is 0 Å². The van der Waals surface area contributed by atoms with Crippen molar-refractivity contribution in [2.24, 2.45) is 0 Å². The van der Waals surface area contributed by atoms with Crippen LogP contribution in [0.15, 0.2) is 0 Å². The van der Waals surface area contributed by atoms with E-state index in [0.29, 0.717) is 0 Å². The van der Waals surface area contributed by atoms with Crippen molar-refractivity contribution in [1.29, 1.82) is 0 Å². The number of hydrogen-bond acceptors (Lipinski definition) is 2. The van der Waals surface area contributed by atoms with E-state index < -0.39 is 15.3 Å². The Bertz CT molecular complexity index is 27.9. The van der Waals surface area contributed by atoms with E-state index in [-0.39, 0.29) is 25.0 Å². The van der Waals surface area contributed by atoms with E-state index in [9.17, 15) is 0 Å². The third-order valence-electron chi connectivity index (χ3n) is 0. The van der Waals surface area contributed by atoms with Crippen LogP contribution in [0.2, 0.25) is 0 Å². The molecule has 0 aromatic rings. The van der Waals surface area contributed by atoms with Gasteiger partial charge in [-0.1, -0.05) is 0 Å². The fourth-order valence-corrected chi connectivity index (χ4v) is 0. The van der Waals surface area contributed by atoms with Crippen LogP contribution in [0.4, 0.5) is 0 Å². The van der Waals surface area contributed by atoms with E-state index in [0.717, 1.165) is 0 Å². The molecule has 0 spiro atoms. The first-order chi connectivity index (χ1) is 1.41. The minimum Gasteiger partial charge on any atom is 2.00 e. The topological polar surface area (TPSA) is 62.6 Å². The molecule has 0 atom stereocenters. The molecule has 0 saturated heterocycles. The van der Waals surface area contributed by atoms with Gasteiger partial charge in [0.15, 0.2) is 0 Å². The molecule has 0 aliphatic carbocycles. The molecule has 0 unspecified atom stereocenters. The van der Waals surface area contributed by atoms with Gasteiger partial charge in [-0.3, -0.25) is 0 Å². The Balaban J connectivity index is -0.0000000200. The molecule has 0 aliphatic rings. The Labute approximate surface area is 48.1 Å². The Hall–Kier alpha value is 0.726. The summed E-state index contributed by atoms with van der Waals surface area (Å²) in [5, 5.41) is 0. The molecular formula is GeO3Zn. The van der Waals surface area contributed by atoms with E-state index >= 15 is 0 Å². The fraction of sp³-hybridized carbons (Fsp3) is 0. The third kappa shape index (κ3) is 66.6. The zero-order chi connectivity index (χ0) is 2.71. The van der Waals surface area contributed by atoms with Crippen molar-refractivity contribution in [2.45, 2.75) is 0 Å². The molecule has 0 radical (unpaired) electrons. The summed E-state index contributed by atoms with van der Waals surface area (Å²) in [4.78, 5) is 0. The second-order valence-electron chi connectivity index (χ2n) is 0.0833. The molecule has 0 saturated carbocycles. The molecule has 5 heteroatoms. The van der Waals surface area contributed by atoms with Gasteiger partial charge in [-0.15, -0.1) is 0 Å². The van der Waals surface area contributed by atoms with Crippen LogP contribution in [0.5, 0.6) is 0 Å². The first-order valence-electron chi connectivity index (χ1n) is 0.408. The molecule has 0 N–H and O–H groups in total. The molecule has 0 aliphatic heterocycles. The largest absolute Gasteiger partial charge is 2.00 e. The van der Waals surface area contributed by atoms with Crippen LogP contribution >= 0.6 is 0 Å². The monoisotopic (exact) mass is 186 g/mol. The smallest absolute Gasteiger partial charge is 2.00 e. The summed E-state index contributed by atoms with van der Waals surface area (Å²) < 4.78 is 17.0. The molecule has 5 heavy (non-hydrogen) atoms. The van der Waals surface area contributed by atoms with Crippen molar-refractivity contribution in [3.8, 4) is 0 Å². The minimum absolute atomic E-state index is 0. The maximum absolute atomic E-state index is 8.50. The summed E-state index contributed by atoms with van der Waals surface area (Å²) >= 11 is -2.00. The average molecular weight is 186 g/mol. The zero-order valence-corrected chi connectivity index (χ0v) is 7.50. The second kappa shape index (κ2) is 22.0. The van der Waals surface area contributed by atoms with Gasteiger partial charge >= 0.3 is 42.3 Å². The maximum Gasteiger partial charge on any atom is 2.00 e. The Morgan fingerprint density at radius 1 is 1.20 bits per heavy atom. The zero-order valence-electron chi connectivity index (χ0n) is 2.43. The van der Waals surface area contributed by atoms with E-state index in [4.69, 9.17) is 7.56 Å². The number of rotatable bonds is 0. The summed E-state index contributed by atoms with van der Waals surface area (Å²) in [6.45, 7) is 0. The molecule has 3 nitrogen and oxygen atoms in total. The molecule has 0 aromatic heterocycles. The fourth-order valence-electron chi connectivity index (χ4n) is 0. The van der Waals surface area contributed by atoms with Crippen molar-refractivity contribution in [3.05, 3.63) is 0 Å². The van der Waals surface area contributed by atoms with E-state index in [1.54, 1.807) is 0 Å². The Morgan fingerprint density at radius 3 is 1.20 bits per heavy atom. The van der Waals surface area contributed by atoms with Crippen LogP contribution in [0.1, 0.15) is 0 Å². The predicted octanol–water partition coefficient (Wildman–Crippen LogP) is -0.740. The second-order valence-corrected chi connectivity index (χ2v) is 0.433. The molecule has 24 valence electrons. The van der Waals surface area contributed by atoms with Crippen molar-refractivity contribution < 1.29 is 32.5 Å². The standard InChI is InChI=1S/GeO2.O.Zn/c2-1-3;;/q;-2;+2. The van der Waals surface area contributed by atoms with Gasteiger partial charge in [0.1, 0.15) is 0 Å². The number of hydrogen-bond donors (Lipinski definition) is 0. The van der Waals surface area contributed by atoms with Crippen LogP contribution in [-0.4, -0.2) is 15.3 Å². The first kappa shape index (κ1) is 17.2. The normalized spacial score (nSPS) is 1.60. The van der Waals surface area contributed by atoms with E-state index in [1.807, 2.05) is 0 Å². The van der Waals surface area contributed by atoms with Gasteiger partial charge in [-0.2, -0.15) is 0 Å². The van der Waals surface area contributed by atoms with Crippen LogP contribution in [0, 0.1) is 0 Å². The van der Waals surface area contributed by atoms with Gasteiger partial charge in [-0.25, -0.2) is 0 Å². The van der Waals surface area contributed by atoms with E-state index in [1.165, 1.54) is 0 Å². The van der Waals surface area contributed by atoms with Gasteiger partial charge in [0.05, 0.1) is 0 Å². The molecule has 0 fully saturated rings. The maximum atomic E-state index is 8.50. The average Bonchev–Trinajstić information content (AvgIpc) is 0.918. The first-order valence-corrected chi connectivity index (χ1v) is 2.12. The third-order valence-corrected chi connectivity index (χ3v) is 0. The summed E-state index contributed by atoms with van der Waals surface area (Å²) in [5.41, 5.74) is 0. The molecule has 0 heterocycles. The van der Waals surface area contributed by atoms with Crippen LogP contribution < -0.4 is 0 Å². The van der Waals surface area contributed by atoms with Crippen molar-refractivity contribution in [1.82, 2.24) is 0 Å². The van der Waals surface area contributed by atoms with Gasteiger partial charge in [-0.05, 0) is 0 Å². The van der Waals surface area contributed by atoms with Crippen molar-refractivity contribution in [2.75, 3.05) is 0 Å².